The number of pyridine rings is 1. The summed E-state index contributed by atoms with van der Waals surface area (Å²) in [4.78, 5) is 3.65. The fourth-order valence-corrected chi connectivity index (χ4v) is 2.61. The molecule has 0 aliphatic rings. The van der Waals surface area contributed by atoms with E-state index in [1.807, 2.05) is 25.1 Å². The summed E-state index contributed by atoms with van der Waals surface area (Å²) in [5.41, 5.74) is 2.88. The van der Waals surface area contributed by atoms with Gasteiger partial charge in [-0.25, -0.2) is 4.98 Å². The second-order valence-electron chi connectivity index (χ2n) is 5.03. The minimum atomic E-state index is -0.480. The van der Waals surface area contributed by atoms with Crippen LogP contribution in [0.4, 0.5) is 10.1 Å². The van der Waals surface area contributed by atoms with E-state index in [-0.39, 0.29) is 6.04 Å². The first-order valence-corrected chi connectivity index (χ1v) is 7.07. The molecule has 2 heterocycles. The van der Waals surface area contributed by atoms with Crippen molar-refractivity contribution in [2.75, 3.05) is 5.32 Å². The van der Waals surface area contributed by atoms with Crippen molar-refractivity contribution in [3.8, 4) is 0 Å². The van der Waals surface area contributed by atoms with Crippen molar-refractivity contribution in [3.63, 3.8) is 0 Å². The second-order valence-corrected chi connectivity index (χ2v) is 5.03. The van der Waals surface area contributed by atoms with E-state index >= 15 is 0 Å². The van der Waals surface area contributed by atoms with E-state index in [1.54, 1.807) is 6.07 Å². The molecule has 3 nitrogen and oxygen atoms in total. The number of halogens is 1. The topological polar surface area (TPSA) is 38.1 Å². The van der Waals surface area contributed by atoms with E-state index in [0.29, 0.717) is 0 Å². The highest BCUT2D eigenvalue weighted by atomic mass is 19.1. The Morgan fingerprint density at radius 2 is 2.05 bits per heavy atom. The highest BCUT2D eigenvalue weighted by Crippen LogP contribution is 2.31. The lowest BCUT2D eigenvalue weighted by atomic mass is 10.0. The lowest BCUT2D eigenvalue weighted by molar-refractivity contribution is 0.519. The largest absolute Gasteiger partial charge is 0.459 e. The third-order valence-corrected chi connectivity index (χ3v) is 3.59. The molecular weight excluding hydrogens is 267 g/mol. The zero-order chi connectivity index (χ0) is 14.8. The van der Waals surface area contributed by atoms with Gasteiger partial charge in [-0.05, 0) is 31.5 Å². The number of anilines is 1. The van der Waals surface area contributed by atoms with Crippen LogP contribution < -0.4 is 5.32 Å². The zero-order valence-electron chi connectivity index (χ0n) is 12.1. The third kappa shape index (κ3) is 2.61. The molecule has 0 saturated carbocycles. The molecular formula is C17H17FN2O. The molecule has 4 heteroatoms. The molecule has 2 aromatic heterocycles. The molecule has 0 radical (unpaired) electrons. The molecule has 3 rings (SSSR count). The van der Waals surface area contributed by atoms with Crippen LogP contribution in [0.15, 0.2) is 47.0 Å². The third-order valence-electron chi connectivity index (χ3n) is 3.59. The number of fused-ring (bicyclic) bond motifs is 1. The Morgan fingerprint density at radius 3 is 2.76 bits per heavy atom. The molecule has 108 valence electrons. The maximum atomic E-state index is 12.8. The van der Waals surface area contributed by atoms with Crippen molar-refractivity contribution < 1.29 is 8.81 Å². The van der Waals surface area contributed by atoms with Gasteiger partial charge in [0, 0.05) is 10.9 Å². The Kier molecular flexibility index (Phi) is 3.60. The Balaban J connectivity index is 1.93. The highest BCUT2D eigenvalue weighted by molar-refractivity contribution is 5.82. The van der Waals surface area contributed by atoms with Crippen LogP contribution in [-0.4, -0.2) is 4.98 Å². The number of para-hydroxylation sites is 1. The minimum Gasteiger partial charge on any atom is -0.459 e. The zero-order valence-corrected chi connectivity index (χ0v) is 12.1. The van der Waals surface area contributed by atoms with E-state index in [4.69, 9.17) is 4.42 Å². The van der Waals surface area contributed by atoms with Gasteiger partial charge in [0.2, 0.25) is 5.95 Å². The lowest BCUT2D eigenvalue weighted by Crippen LogP contribution is -2.08. The van der Waals surface area contributed by atoms with Crippen molar-refractivity contribution in [1.29, 1.82) is 0 Å². The molecule has 1 N–H and O–H groups in total. The summed E-state index contributed by atoms with van der Waals surface area (Å²) in [6.07, 6.45) is 2.39. The van der Waals surface area contributed by atoms with Gasteiger partial charge in [-0.15, -0.1) is 0 Å². The average molecular weight is 284 g/mol. The van der Waals surface area contributed by atoms with E-state index in [1.165, 1.54) is 17.8 Å². The smallest absolute Gasteiger partial charge is 0.212 e. The van der Waals surface area contributed by atoms with Gasteiger partial charge < -0.3 is 9.73 Å². The Morgan fingerprint density at radius 1 is 1.24 bits per heavy atom. The maximum absolute atomic E-state index is 12.8. The molecule has 3 aromatic rings. The monoisotopic (exact) mass is 284 g/mol. The van der Waals surface area contributed by atoms with Crippen molar-refractivity contribution >= 4 is 16.7 Å². The molecule has 21 heavy (non-hydrogen) atoms. The van der Waals surface area contributed by atoms with E-state index in [2.05, 4.69) is 23.3 Å². The number of rotatable bonds is 4. The van der Waals surface area contributed by atoms with Crippen LogP contribution in [0, 0.1) is 5.95 Å². The first kappa shape index (κ1) is 13.6. The van der Waals surface area contributed by atoms with Crippen molar-refractivity contribution in [2.24, 2.45) is 0 Å². The van der Waals surface area contributed by atoms with Gasteiger partial charge >= 0.3 is 0 Å². The fraction of sp³-hybridized carbons (Fsp3) is 0.235. The van der Waals surface area contributed by atoms with E-state index < -0.39 is 5.95 Å². The number of hydrogen-bond donors (Lipinski definition) is 1. The SMILES string of the molecule is CCc1c(C(C)Nc2ccc(F)nc2)oc2ccccc12. The van der Waals surface area contributed by atoms with Crippen LogP contribution in [0.1, 0.15) is 31.2 Å². The number of aromatic nitrogens is 1. The lowest BCUT2D eigenvalue weighted by Gasteiger charge is -2.14. The molecule has 0 bridgehead atoms. The summed E-state index contributed by atoms with van der Waals surface area (Å²) in [6.45, 7) is 4.15. The second kappa shape index (κ2) is 5.56. The summed E-state index contributed by atoms with van der Waals surface area (Å²) in [5.74, 6) is 0.439. The standard InChI is InChI=1S/C17H17FN2O/c1-3-13-14-6-4-5-7-15(14)21-17(13)11(2)20-12-8-9-16(18)19-10-12/h4-11,20H,3H2,1-2H3. The van der Waals surface area contributed by atoms with Crippen LogP contribution in [0.3, 0.4) is 0 Å². The quantitative estimate of drug-likeness (QED) is 0.705. The van der Waals surface area contributed by atoms with Crippen LogP contribution >= 0.6 is 0 Å². The van der Waals surface area contributed by atoms with Crippen LogP contribution in [0.25, 0.3) is 11.0 Å². The van der Waals surface area contributed by atoms with Crippen LogP contribution in [0.5, 0.6) is 0 Å². The number of aryl methyl sites for hydroxylation is 1. The number of nitrogens with one attached hydrogen (secondary N) is 1. The molecule has 1 aromatic carbocycles. The number of benzene rings is 1. The Bertz CT molecular complexity index is 749. The number of furan rings is 1. The first-order chi connectivity index (χ1) is 10.2. The summed E-state index contributed by atoms with van der Waals surface area (Å²) in [5, 5.41) is 4.45. The van der Waals surface area contributed by atoms with Crippen molar-refractivity contribution in [2.45, 2.75) is 26.3 Å². The van der Waals surface area contributed by atoms with Crippen molar-refractivity contribution in [1.82, 2.24) is 4.98 Å². The fourth-order valence-electron chi connectivity index (χ4n) is 2.61. The minimum absolute atomic E-state index is 0.0142. The van der Waals surface area contributed by atoms with Gasteiger partial charge in [-0.3, -0.25) is 0 Å². The molecule has 0 aliphatic heterocycles. The predicted molar refractivity (Wildman–Crippen MR) is 81.8 cm³/mol. The molecule has 0 saturated heterocycles. The van der Waals surface area contributed by atoms with Gasteiger partial charge in [0.1, 0.15) is 11.3 Å². The summed E-state index contributed by atoms with van der Waals surface area (Å²) in [6, 6.07) is 11.0. The summed E-state index contributed by atoms with van der Waals surface area (Å²) < 4.78 is 18.8. The first-order valence-electron chi connectivity index (χ1n) is 7.07. The predicted octanol–water partition coefficient (Wildman–Crippen LogP) is 4.70. The van der Waals surface area contributed by atoms with Crippen LogP contribution in [0.2, 0.25) is 0 Å². The number of hydrogen-bond acceptors (Lipinski definition) is 3. The Hall–Kier alpha value is -2.36. The Labute approximate surface area is 122 Å². The maximum Gasteiger partial charge on any atom is 0.212 e. The summed E-state index contributed by atoms with van der Waals surface area (Å²) >= 11 is 0. The van der Waals surface area contributed by atoms with Gasteiger partial charge in [-0.2, -0.15) is 4.39 Å². The molecule has 0 aliphatic carbocycles. The van der Waals surface area contributed by atoms with E-state index in [9.17, 15) is 4.39 Å². The molecule has 1 atom stereocenters. The molecule has 0 fully saturated rings. The van der Waals surface area contributed by atoms with Crippen molar-refractivity contribution in [3.05, 3.63) is 59.9 Å². The molecule has 1 unspecified atom stereocenters. The summed E-state index contributed by atoms with van der Waals surface area (Å²) in [7, 11) is 0. The van der Waals surface area contributed by atoms with E-state index in [0.717, 1.165) is 28.8 Å². The van der Waals surface area contributed by atoms with Gasteiger partial charge in [0.15, 0.2) is 0 Å². The molecule has 0 amide bonds. The van der Waals surface area contributed by atoms with Gasteiger partial charge in [0.05, 0.1) is 17.9 Å². The molecule has 0 spiro atoms. The van der Waals surface area contributed by atoms with Gasteiger partial charge in [-0.1, -0.05) is 25.1 Å². The average Bonchev–Trinajstić information content (AvgIpc) is 2.88. The number of nitrogens with zero attached hydrogens (tertiary/aromatic N) is 1. The van der Waals surface area contributed by atoms with Crippen LogP contribution in [-0.2, 0) is 6.42 Å². The highest BCUT2D eigenvalue weighted by Gasteiger charge is 2.18. The normalized spacial score (nSPS) is 12.5. The van der Waals surface area contributed by atoms with Gasteiger partial charge in [0.25, 0.3) is 0 Å².